The van der Waals surface area contributed by atoms with Crippen molar-refractivity contribution in [2.24, 2.45) is 0 Å². The van der Waals surface area contributed by atoms with Gasteiger partial charge < -0.3 is 14.4 Å². The fourth-order valence-electron chi connectivity index (χ4n) is 2.38. The Kier molecular flexibility index (Phi) is 4.79. The Balaban J connectivity index is 2.03. The molecule has 1 fully saturated rings. The quantitative estimate of drug-likeness (QED) is 0.793. The smallest absolute Gasteiger partial charge is 0.254 e. The highest BCUT2D eigenvalue weighted by Crippen LogP contribution is 2.17. The molecule has 0 aliphatic carbocycles. The molecule has 1 heterocycles. The topological polar surface area (TPSA) is 38.8 Å². The van der Waals surface area contributed by atoms with Crippen molar-refractivity contribution in [2.75, 3.05) is 19.7 Å². The number of hydrogen-bond acceptors (Lipinski definition) is 3. The molecule has 4 heteroatoms. The Morgan fingerprint density at radius 1 is 1.35 bits per heavy atom. The number of rotatable bonds is 4. The van der Waals surface area contributed by atoms with Crippen LogP contribution in [-0.4, -0.2) is 42.7 Å². The van der Waals surface area contributed by atoms with Gasteiger partial charge in [0, 0.05) is 18.7 Å². The fraction of sp³-hybridized carbons (Fsp3) is 0.438. The van der Waals surface area contributed by atoms with E-state index < -0.39 is 0 Å². The molecule has 1 amide bonds. The number of morpholine rings is 1. The average molecular weight is 275 g/mol. The van der Waals surface area contributed by atoms with Gasteiger partial charge in [-0.15, -0.1) is 0 Å². The molecule has 1 aromatic carbocycles. The number of nitrogens with zero attached hydrogens (tertiary/aromatic N) is 1. The minimum atomic E-state index is 0.0438. The molecule has 1 aliphatic rings. The predicted molar refractivity (Wildman–Crippen MR) is 78.0 cm³/mol. The van der Waals surface area contributed by atoms with Crippen molar-refractivity contribution in [3.8, 4) is 5.75 Å². The van der Waals surface area contributed by atoms with Crippen LogP contribution in [0.1, 0.15) is 24.2 Å². The lowest BCUT2D eigenvalue weighted by Crippen LogP contribution is -2.48. The van der Waals surface area contributed by atoms with Crippen LogP contribution < -0.4 is 4.74 Å². The number of carbonyl (C=O) groups excluding carboxylic acids is 1. The van der Waals surface area contributed by atoms with Crippen LogP contribution in [0.15, 0.2) is 36.9 Å². The van der Waals surface area contributed by atoms with E-state index in [4.69, 9.17) is 9.47 Å². The Labute approximate surface area is 120 Å². The third kappa shape index (κ3) is 3.61. The standard InChI is InChI=1S/C16H21NO3/c1-4-9-19-15-7-5-14(6-8-15)16(18)17-10-12(2)20-13(3)11-17/h4-8,12-13H,1,9-11H2,2-3H3/t12-,13-/m0/s1. The van der Waals surface area contributed by atoms with E-state index in [0.717, 1.165) is 5.75 Å². The van der Waals surface area contributed by atoms with Gasteiger partial charge in [-0.2, -0.15) is 0 Å². The summed E-state index contributed by atoms with van der Waals surface area (Å²) in [5, 5.41) is 0. The molecular formula is C16H21NO3. The molecule has 0 N–H and O–H groups in total. The van der Waals surface area contributed by atoms with Crippen LogP contribution in [0.2, 0.25) is 0 Å². The Morgan fingerprint density at radius 2 is 1.95 bits per heavy atom. The van der Waals surface area contributed by atoms with Crippen LogP contribution in [0.5, 0.6) is 5.75 Å². The molecule has 0 aromatic heterocycles. The van der Waals surface area contributed by atoms with Gasteiger partial charge in [0.1, 0.15) is 12.4 Å². The summed E-state index contributed by atoms with van der Waals surface area (Å²) in [5.41, 5.74) is 0.678. The summed E-state index contributed by atoms with van der Waals surface area (Å²) >= 11 is 0. The highest BCUT2D eigenvalue weighted by Gasteiger charge is 2.26. The molecule has 2 rings (SSSR count). The molecule has 0 unspecified atom stereocenters. The molecule has 108 valence electrons. The lowest BCUT2D eigenvalue weighted by atomic mass is 10.1. The molecule has 2 atom stereocenters. The van der Waals surface area contributed by atoms with E-state index in [1.165, 1.54) is 0 Å². The maximum atomic E-state index is 12.4. The molecule has 1 aliphatic heterocycles. The van der Waals surface area contributed by atoms with Gasteiger partial charge in [-0.25, -0.2) is 0 Å². The fourth-order valence-corrected chi connectivity index (χ4v) is 2.38. The monoisotopic (exact) mass is 275 g/mol. The highest BCUT2D eigenvalue weighted by atomic mass is 16.5. The second-order valence-corrected chi connectivity index (χ2v) is 5.09. The van der Waals surface area contributed by atoms with Gasteiger partial charge in [0.15, 0.2) is 0 Å². The third-order valence-corrected chi connectivity index (χ3v) is 3.18. The van der Waals surface area contributed by atoms with Crippen LogP contribution in [0.3, 0.4) is 0 Å². The van der Waals surface area contributed by atoms with E-state index >= 15 is 0 Å². The summed E-state index contributed by atoms with van der Waals surface area (Å²) in [5.74, 6) is 0.785. The molecule has 0 bridgehead atoms. The van der Waals surface area contributed by atoms with Crippen molar-refractivity contribution in [1.29, 1.82) is 0 Å². The van der Waals surface area contributed by atoms with Gasteiger partial charge in [-0.3, -0.25) is 4.79 Å². The van der Waals surface area contributed by atoms with E-state index in [0.29, 0.717) is 25.3 Å². The lowest BCUT2D eigenvalue weighted by molar-refractivity contribution is -0.0586. The molecule has 4 nitrogen and oxygen atoms in total. The van der Waals surface area contributed by atoms with Crippen molar-refractivity contribution < 1.29 is 14.3 Å². The molecule has 1 saturated heterocycles. The van der Waals surface area contributed by atoms with E-state index in [1.54, 1.807) is 18.2 Å². The van der Waals surface area contributed by atoms with E-state index in [2.05, 4.69) is 6.58 Å². The first-order valence-electron chi connectivity index (χ1n) is 6.88. The number of ether oxygens (including phenoxy) is 2. The van der Waals surface area contributed by atoms with Crippen LogP contribution >= 0.6 is 0 Å². The van der Waals surface area contributed by atoms with Gasteiger partial charge in [-0.05, 0) is 38.1 Å². The summed E-state index contributed by atoms with van der Waals surface area (Å²) in [7, 11) is 0. The molecular weight excluding hydrogens is 254 g/mol. The summed E-state index contributed by atoms with van der Waals surface area (Å²) in [6.07, 6.45) is 1.85. The van der Waals surface area contributed by atoms with E-state index in [1.807, 2.05) is 30.9 Å². The van der Waals surface area contributed by atoms with Crippen molar-refractivity contribution in [3.05, 3.63) is 42.5 Å². The van der Waals surface area contributed by atoms with E-state index in [-0.39, 0.29) is 18.1 Å². The van der Waals surface area contributed by atoms with Crippen molar-refractivity contribution in [1.82, 2.24) is 4.90 Å². The Bertz CT molecular complexity index is 459. The van der Waals surface area contributed by atoms with Crippen molar-refractivity contribution in [2.45, 2.75) is 26.1 Å². The van der Waals surface area contributed by atoms with Gasteiger partial charge in [0.05, 0.1) is 12.2 Å². The van der Waals surface area contributed by atoms with Crippen molar-refractivity contribution >= 4 is 5.91 Å². The first-order chi connectivity index (χ1) is 9.60. The zero-order valence-electron chi connectivity index (χ0n) is 12.0. The lowest BCUT2D eigenvalue weighted by Gasteiger charge is -2.35. The minimum Gasteiger partial charge on any atom is -0.490 e. The van der Waals surface area contributed by atoms with Gasteiger partial charge in [0.25, 0.3) is 5.91 Å². The zero-order valence-corrected chi connectivity index (χ0v) is 12.0. The molecule has 0 saturated carbocycles. The Hall–Kier alpha value is -1.81. The first kappa shape index (κ1) is 14.6. The second kappa shape index (κ2) is 6.57. The molecule has 1 aromatic rings. The number of hydrogen-bond donors (Lipinski definition) is 0. The van der Waals surface area contributed by atoms with Gasteiger partial charge >= 0.3 is 0 Å². The van der Waals surface area contributed by atoms with Crippen LogP contribution in [0.25, 0.3) is 0 Å². The normalized spacial score (nSPS) is 22.4. The number of carbonyl (C=O) groups is 1. The number of benzene rings is 1. The van der Waals surface area contributed by atoms with E-state index in [9.17, 15) is 4.79 Å². The van der Waals surface area contributed by atoms with Gasteiger partial charge in [0.2, 0.25) is 0 Å². The SMILES string of the molecule is C=CCOc1ccc(C(=O)N2C[C@H](C)O[C@@H](C)C2)cc1. The summed E-state index contributed by atoms with van der Waals surface area (Å²) in [4.78, 5) is 14.3. The summed E-state index contributed by atoms with van der Waals surface area (Å²) in [6, 6.07) is 7.21. The van der Waals surface area contributed by atoms with Gasteiger partial charge in [-0.1, -0.05) is 12.7 Å². The Morgan fingerprint density at radius 3 is 2.50 bits per heavy atom. The summed E-state index contributed by atoms with van der Waals surface area (Å²) in [6.45, 7) is 9.31. The van der Waals surface area contributed by atoms with Crippen molar-refractivity contribution in [3.63, 3.8) is 0 Å². The zero-order chi connectivity index (χ0) is 14.5. The largest absolute Gasteiger partial charge is 0.490 e. The summed E-state index contributed by atoms with van der Waals surface area (Å²) < 4.78 is 11.0. The predicted octanol–water partition coefficient (Wildman–Crippen LogP) is 2.50. The van der Waals surface area contributed by atoms with Crippen LogP contribution in [-0.2, 0) is 4.74 Å². The molecule has 0 spiro atoms. The first-order valence-corrected chi connectivity index (χ1v) is 6.88. The highest BCUT2D eigenvalue weighted by molar-refractivity contribution is 5.94. The molecule has 0 radical (unpaired) electrons. The maximum absolute atomic E-state index is 12.4. The average Bonchev–Trinajstić information content (AvgIpc) is 2.44. The van der Waals surface area contributed by atoms with Crippen LogP contribution in [0.4, 0.5) is 0 Å². The second-order valence-electron chi connectivity index (χ2n) is 5.09. The molecule has 20 heavy (non-hydrogen) atoms. The van der Waals surface area contributed by atoms with Crippen LogP contribution in [0, 0.1) is 0 Å². The third-order valence-electron chi connectivity index (χ3n) is 3.18. The minimum absolute atomic E-state index is 0.0438. The maximum Gasteiger partial charge on any atom is 0.254 e. The number of amides is 1.